The van der Waals surface area contributed by atoms with Gasteiger partial charge in [-0.1, -0.05) is 18.2 Å². The highest BCUT2D eigenvalue weighted by atomic mass is 15.2. The maximum absolute atomic E-state index is 4.98. The largest absolute Gasteiger partial charge is 0.314 e. The molecule has 0 aliphatic carbocycles. The molecule has 9 nitrogen and oxygen atoms in total. The SMILES string of the molecule is c1cc(CN2CCNCCNCC2)nc(-c2cccc(-c3cccc(CN4CCNCCNCC4)n3)n2)c1. The molecule has 9 heteroatoms. The molecule has 3 aromatic heterocycles. The van der Waals surface area contributed by atoms with Gasteiger partial charge in [0.15, 0.2) is 0 Å². The van der Waals surface area contributed by atoms with Crippen molar-refractivity contribution >= 4 is 0 Å². The van der Waals surface area contributed by atoms with Crippen LogP contribution >= 0.6 is 0 Å². The molecule has 0 unspecified atom stereocenters. The van der Waals surface area contributed by atoms with Crippen LogP contribution in [-0.2, 0) is 13.1 Å². The van der Waals surface area contributed by atoms with E-state index in [4.69, 9.17) is 15.0 Å². The van der Waals surface area contributed by atoms with Crippen LogP contribution in [0.4, 0.5) is 0 Å². The average Bonchev–Trinajstić information content (AvgIpc) is 3.17. The van der Waals surface area contributed by atoms with Crippen LogP contribution in [0.2, 0.25) is 0 Å². The van der Waals surface area contributed by atoms with E-state index in [1.807, 2.05) is 24.3 Å². The Morgan fingerprint density at radius 2 is 0.789 bits per heavy atom. The molecule has 0 amide bonds. The normalized spacial score (nSPS) is 18.9. The van der Waals surface area contributed by atoms with Gasteiger partial charge in [-0.25, -0.2) is 15.0 Å². The quantitative estimate of drug-likeness (QED) is 0.386. The first kappa shape index (κ1) is 26.8. The van der Waals surface area contributed by atoms with Gasteiger partial charge in [-0.15, -0.1) is 0 Å². The van der Waals surface area contributed by atoms with Crippen molar-refractivity contribution in [2.75, 3.05) is 78.5 Å². The molecule has 3 aromatic rings. The van der Waals surface area contributed by atoms with E-state index in [2.05, 4.69) is 61.4 Å². The van der Waals surface area contributed by atoms with E-state index in [9.17, 15) is 0 Å². The number of aromatic nitrogens is 3. The Balaban J connectivity index is 1.28. The zero-order chi connectivity index (χ0) is 25.8. The fraction of sp³-hybridized carbons (Fsp3) is 0.483. The molecule has 2 aliphatic heterocycles. The first-order chi connectivity index (χ1) is 18.8. The van der Waals surface area contributed by atoms with E-state index in [0.29, 0.717) is 0 Å². The topological polar surface area (TPSA) is 93.3 Å². The van der Waals surface area contributed by atoms with Crippen LogP contribution in [0.5, 0.6) is 0 Å². The standard InChI is InChI=1S/C29H41N9/c1-4-24(22-37-18-14-30-10-11-31-15-19-37)34-26(6-1)28-8-3-9-29(36-28)27-7-2-5-25(35-27)23-38-20-16-32-12-13-33-17-21-38/h1-9,30-33H,10-23H2. The van der Waals surface area contributed by atoms with Crippen LogP contribution in [0.3, 0.4) is 0 Å². The first-order valence-corrected chi connectivity index (χ1v) is 14.0. The summed E-state index contributed by atoms with van der Waals surface area (Å²) in [6.07, 6.45) is 0. The monoisotopic (exact) mass is 515 g/mol. The molecule has 0 saturated carbocycles. The minimum Gasteiger partial charge on any atom is -0.314 e. The Morgan fingerprint density at radius 3 is 1.18 bits per heavy atom. The van der Waals surface area contributed by atoms with Crippen molar-refractivity contribution in [3.63, 3.8) is 0 Å². The van der Waals surface area contributed by atoms with Gasteiger partial charge in [0.2, 0.25) is 0 Å². The predicted octanol–water partition coefficient (Wildman–Crippen LogP) is 1.20. The lowest BCUT2D eigenvalue weighted by molar-refractivity contribution is 0.269. The van der Waals surface area contributed by atoms with Crippen LogP contribution < -0.4 is 21.3 Å². The lowest BCUT2D eigenvalue weighted by Crippen LogP contribution is -2.33. The number of nitrogens with one attached hydrogen (secondary N) is 4. The first-order valence-electron chi connectivity index (χ1n) is 14.0. The van der Waals surface area contributed by atoms with Crippen molar-refractivity contribution in [1.82, 2.24) is 46.0 Å². The second-order valence-corrected chi connectivity index (χ2v) is 9.99. The van der Waals surface area contributed by atoms with E-state index in [1.54, 1.807) is 0 Å². The molecule has 5 heterocycles. The molecule has 38 heavy (non-hydrogen) atoms. The Morgan fingerprint density at radius 1 is 0.447 bits per heavy atom. The molecular formula is C29H41N9. The minimum absolute atomic E-state index is 0.835. The summed E-state index contributed by atoms with van der Waals surface area (Å²) < 4.78 is 0. The third kappa shape index (κ3) is 8.10. The van der Waals surface area contributed by atoms with E-state index in [1.165, 1.54) is 0 Å². The summed E-state index contributed by atoms with van der Waals surface area (Å²) >= 11 is 0. The Bertz CT molecular complexity index is 1030. The maximum atomic E-state index is 4.98. The van der Waals surface area contributed by atoms with Gasteiger partial charge in [0.25, 0.3) is 0 Å². The molecule has 0 bridgehead atoms. The van der Waals surface area contributed by atoms with Crippen molar-refractivity contribution in [2.45, 2.75) is 13.1 Å². The van der Waals surface area contributed by atoms with Crippen molar-refractivity contribution in [1.29, 1.82) is 0 Å². The van der Waals surface area contributed by atoms with Crippen LogP contribution in [-0.4, -0.2) is 103 Å². The van der Waals surface area contributed by atoms with Crippen molar-refractivity contribution in [3.8, 4) is 22.8 Å². The van der Waals surface area contributed by atoms with Gasteiger partial charge in [-0.05, 0) is 36.4 Å². The lowest BCUT2D eigenvalue weighted by atomic mass is 10.1. The molecule has 0 radical (unpaired) electrons. The molecular weight excluding hydrogens is 474 g/mol. The van der Waals surface area contributed by atoms with Crippen LogP contribution in [0, 0.1) is 0 Å². The van der Waals surface area contributed by atoms with Crippen LogP contribution in [0.1, 0.15) is 11.4 Å². The van der Waals surface area contributed by atoms with Gasteiger partial charge in [0, 0.05) is 91.6 Å². The van der Waals surface area contributed by atoms with Crippen molar-refractivity contribution in [3.05, 3.63) is 66.0 Å². The van der Waals surface area contributed by atoms with Crippen LogP contribution in [0.15, 0.2) is 54.6 Å². The van der Waals surface area contributed by atoms with Gasteiger partial charge >= 0.3 is 0 Å². The summed E-state index contributed by atoms with van der Waals surface area (Å²) in [5.74, 6) is 0. The van der Waals surface area contributed by atoms with Gasteiger partial charge in [-0.2, -0.15) is 0 Å². The molecule has 0 spiro atoms. The molecule has 2 aliphatic rings. The molecule has 0 atom stereocenters. The number of hydrogen-bond acceptors (Lipinski definition) is 9. The summed E-state index contributed by atoms with van der Waals surface area (Å²) in [6, 6.07) is 18.6. The number of pyridine rings is 3. The third-order valence-electron chi connectivity index (χ3n) is 7.04. The van der Waals surface area contributed by atoms with Gasteiger partial charge in [-0.3, -0.25) is 9.80 Å². The highest BCUT2D eigenvalue weighted by Crippen LogP contribution is 2.21. The molecule has 2 fully saturated rings. The zero-order valence-electron chi connectivity index (χ0n) is 22.3. The number of nitrogens with zero attached hydrogens (tertiary/aromatic N) is 5. The molecule has 4 N–H and O–H groups in total. The number of hydrogen-bond donors (Lipinski definition) is 4. The minimum atomic E-state index is 0.835. The Labute approximate surface area is 226 Å². The summed E-state index contributed by atoms with van der Waals surface area (Å²) in [5.41, 5.74) is 5.70. The van der Waals surface area contributed by atoms with Gasteiger partial charge < -0.3 is 21.3 Å². The summed E-state index contributed by atoms with van der Waals surface area (Å²) in [7, 11) is 0. The zero-order valence-corrected chi connectivity index (χ0v) is 22.3. The van der Waals surface area contributed by atoms with Crippen molar-refractivity contribution in [2.24, 2.45) is 0 Å². The summed E-state index contributed by atoms with van der Waals surface area (Å²) in [6.45, 7) is 13.9. The summed E-state index contributed by atoms with van der Waals surface area (Å²) in [5, 5.41) is 14.0. The highest BCUT2D eigenvalue weighted by molar-refractivity contribution is 5.61. The van der Waals surface area contributed by atoms with E-state index < -0.39 is 0 Å². The third-order valence-corrected chi connectivity index (χ3v) is 7.04. The van der Waals surface area contributed by atoms with E-state index in [-0.39, 0.29) is 0 Å². The number of rotatable bonds is 6. The Hall–Kier alpha value is -2.79. The second kappa shape index (κ2) is 14.4. The molecule has 202 valence electrons. The molecule has 0 aromatic carbocycles. The molecule has 2 saturated heterocycles. The fourth-order valence-corrected chi connectivity index (χ4v) is 4.94. The van der Waals surface area contributed by atoms with Crippen LogP contribution in [0.25, 0.3) is 22.8 Å². The van der Waals surface area contributed by atoms with Gasteiger partial charge in [0.1, 0.15) is 0 Å². The Kier molecular flexibility index (Phi) is 10.1. The van der Waals surface area contributed by atoms with E-state index >= 15 is 0 Å². The smallest absolute Gasteiger partial charge is 0.0894 e. The predicted molar refractivity (Wildman–Crippen MR) is 153 cm³/mol. The average molecular weight is 516 g/mol. The lowest BCUT2D eigenvalue weighted by Gasteiger charge is -2.21. The maximum Gasteiger partial charge on any atom is 0.0894 e. The fourth-order valence-electron chi connectivity index (χ4n) is 4.94. The molecule has 5 rings (SSSR count). The second-order valence-electron chi connectivity index (χ2n) is 9.99. The highest BCUT2D eigenvalue weighted by Gasteiger charge is 2.12. The summed E-state index contributed by atoms with van der Waals surface area (Å²) in [4.78, 5) is 19.9. The van der Waals surface area contributed by atoms with E-state index in [0.717, 1.165) is 126 Å². The van der Waals surface area contributed by atoms with Crippen molar-refractivity contribution < 1.29 is 0 Å². The van der Waals surface area contributed by atoms with Gasteiger partial charge in [0.05, 0.1) is 34.2 Å².